The summed E-state index contributed by atoms with van der Waals surface area (Å²) < 4.78 is 5.87. The van der Waals surface area contributed by atoms with Crippen LogP contribution in [-0.4, -0.2) is 30.8 Å². The molecule has 0 N–H and O–H groups in total. The number of carbonyl (C=O) groups excluding carboxylic acids is 2. The van der Waals surface area contributed by atoms with Gasteiger partial charge >= 0.3 is 0 Å². The lowest BCUT2D eigenvalue weighted by Gasteiger charge is -2.30. The van der Waals surface area contributed by atoms with Gasteiger partial charge in [0, 0.05) is 25.3 Å². The van der Waals surface area contributed by atoms with E-state index in [-0.39, 0.29) is 22.7 Å². The van der Waals surface area contributed by atoms with E-state index in [1.165, 1.54) is 9.80 Å². The van der Waals surface area contributed by atoms with Crippen LogP contribution in [0.15, 0.2) is 51.7 Å². The maximum atomic E-state index is 13.4. The predicted octanol–water partition coefficient (Wildman–Crippen LogP) is 2.41. The molecule has 134 valence electrons. The average molecular weight is 360 g/mol. The zero-order valence-corrected chi connectivity index (χ0v) is 15.1. The smallest absolute Gasteiger partial charge is 0.291 e. The lowest BCUT2D eigenvalue weighted by Crippen LogP contribution is -2.51. The van der Waals surface area contributed by atoms with Crippen LogP contribution in [0.5, 0.6) is 0 Å². The molecule has 0 saturated carbocycles. The summed E-state index contributed by atoms with van der Waals surface area (Å²) in [6.07, 6.45) is 0. The zero-order chi connectivity index (χ0) is 19.1. The summed E-state index contributed by atoms with van der Waals surface area (Å²) in [6, 6.07) is 12.4. The van der Waals surface area contributed by atoms with Crippen molar-refractivity contribution in [1.29, 1.82) is 0 Å². The van der Waals surface area contributed by atoms with Crippen LogP contribution in [0.1, 0.15) is 27.2 Å². The largest absolute Gasteiger partial charge is 0.450 e. The van der Waals surface area contributed by atoms with Crippen LogP contribution in [0, 0.1) is 6.92 Å². The Hall–Kier alpha value is -3.41. The second-order valence-corrected chi connectivity index (χ2v) is 7.09. The summed E-state index contributed by atoms with van der Waals surface area (Å²) in [5.41, 5.74) is 0.836. The Morgan fingerprint density at radius 2 is 1.74 bits per heavy atom. The minimum Gasteiger partial charge on any atom is -0.450 e. The molecule has 1 spiro atoms. The molecule has 0 radical (unpaired) electrons. The van der Waals surface area contributed by atoms with Crippen molar-refractivity contribution in [3.63, 3.8) is 0 Å². The quantitative estimate of drug-likeness (QED) is 0.617. The van der Waals surface area contributed by atoms with Gasteiger partial charge in [-0.1, -0.05) is 24.3 Å². The molecule has 0 fully saturated rings. The van der Waals surface area contributed by atoms with E-state index in [1.807, 2.05) is 25.1 Å². The SMILES string of the molecule is Cc1ccc2c(=O)c3c(oc2c1)C(=O)N(C)C31C(=O)N(C)c2ccccc21. The van der Waals surface area contributed by atoms with Gasteiger partial charge in [-0.2, -0.15) is 0 Å². The number of hydrogen-bond donors (Lipinski definition) is 0. The third kappa shape index (κ3) is 1.63. The standard InChI is InChI=1S/C21H16N2O4/c1-11-8-9-12-15(10-11)27-18-16(17(12)24)21(23(3)19(18)25)13-6-4-5-7-14(13)22(2)20(21)26/h4-10H,1-3H3. The van der Waals surface area contributed by atoms with Gasteiger partial charge in [0.05, 0.1) is 10.9 Å². The molecule has 3 heterocycles. The molecular formula is C21H16N2O4. The van der Waals surface area contributed by atoms with Crippen LogP contribution in [0.3, 0.4) is 0 Å². The molecule has 2 aliphatic heterocycles. The fourth-order valence-corrected chi connectivity index (χ4v) is 4.36. The highest BCUT2D eigenvalue weighted by Gasteiger charge is 2.63. The topological polar surface area (TPSA) is 70.8 Å². The number of amides is 2. The number of rotatable bonds is 0. The van der Waals surface area contributed by atoms with Crippen molar-refractivity contribution in [2.75, 3.05) is 19.0 Å². The lowest BCUT2D eigenvalue weighted by molar-refractivity contribution is -0.125. The van der Waals surface area contributed by atoms with Crippen LogP contribution in [0.25, 0.3) is 11.0 Å². The summed E-state index contributed by atoms with van der Waals surface area (Å²) in [5, 5.41) is 0.363. The Kier molecular flexibility index (Phi) is 2.84. The maximum Gasteiger partial charge on any atom is 0.291 e. The molecule has 2 aromatic carbocycles. The molecule has 27 heavy (non-hydrogen) atoms. The van der Waals surface area contributed by atoms with E-state index in [0.29, 0.717) is 22.2 Å². The molecule has 0 aliphatic carbocycles. The van der Waals surface area contributed by atoms with Gasteiger partial charge in [-0.15, -0.1) is 0 Å². The number of aryl methyl sites for hydroxylation is 1. The number of para-hydroxylation sites is 1. The lowest BCUT2D eigenvalue weighted by atomic mass is 9.84. The fraction of sp³-hybridized carbons (Fsp3) is 0.190. The second kappa shape index (κ2) is 4.85. The summed E-state index contributed by atoms with van der Waals surface area (Å²) >= 11 is 0. The number of carbonyl (C=O) groups is 2. The van der Waals surface area contributed by atoms with Gasteiger partial charge in [-0.25, -0.2) is 0 Å². The van der Waals surface area contributed by atoms with Gasteiger partial charge in [0.1, 0.15) is 5.58 Å². The number of fused-ring (bicyclic) bond motifs is 5. The van der Waals surface area contributed by atoms with Gasteiger partial charge in [-0.3, -0.25) is 14.4 Å². The van der Waals surface area contributed by atoms with Crippen molar-refractivity contribution >= 4 is 28.5 Å². The number of nitrogens with zero attached hydrogens (tertiary/aromatic N) is 2. The van der Waals surface area contributed by atoms with Gasteiger partial charge in [-0.05, 0) is 30.7 Å². The van der Waals surface area contributed by atoms with Gasteiger partial charge in [0.2, 0.25) is 5.76 Å². The van der Waals surface area contributed by atoms with E-state index in [4.69, 9.17) is 4.42 Å². The highest BCUT2D eigenvalue weighted by molar-refractivity contribution is 6.16. The number of likely N-dealkylation sites (N-methyl/N-ethyl adjacent to an activating group) is 2. The first-order chi connectivity index (χ1) is 12.9. The van der Waals surface area contributed by atoms with E-state index in [2.05, 4.69) is 0 Å². The second-order valence-electron chi connectivity index (χ2n) is 7.09. The van der Waals surface area contributed by atoms with Gasteiger partial charge in [0.25, 0.3) is 11.8 Å². The zero-order valence-electron chi connectivity index (χ0n) is 15.1. The molecular weight excluding hydrogens is 344 g/mol. The monoisotopic (exact) mass is 360 g/mol. The molecule has 1 atom stereocenters. The fourth-order valence-electron chi connectivity index (χ4n) is 4.36. The molecule has 6 nitrogen and oxygen atoms in total. The van der Waals surface area contributed by atoms with Crippen molar-refractivity contribution in [2.45, 2.75) is 12.5 Å². The summed E-state index contributed by atoms with van der Waals surface area (Å²) in [5.74, 6) is -0.861. The van der Waals surface area contributed by atoms with Crippen LogP contribution >= 0.6 is 0 Å². The molecule has 5 rings (SSSR count). The summed E-state index contributed by atoms with van der Waals surface area (Å²) in [4.78, 5) is 42.7. The Balaban J connectivity index is 1.97. The van der Waals surface area contributed by atoms with E-state index in [9.17, 15) is 14.4 Å². The van der Waals surface area contributed by atoms with Gasteiger partial charge in [0.15, 0.2) is 11.0 Å². The maximum absolute atomic E-state index is 13.4. The average Bonchev–Trinajstić information content (AvgIpc) is 3.02. The molecule has 1 aromatic heterocycles. The molecule has 0 bridgehead atoms. The van der Waals surface area contributed by atoms with E-state index in [0.717, 1.165) is 5.56 Å². The Morgan fingerprint density at radius 3 is 2.52 bits per heavy atom. The van der Waals surface area contributed by atoms with Crippen LogP contribution in [0.2, 0.25) is 0 Å². The van der Waals surface area contributed by atoms with Crippen LogP contribution in [-0.2, 0) is 10.3 Å². The third-order valence-electron chi connectivity index (χ3n) is 5.68. The predicted molar refractivity (Wildman–Crippen MR) is 99.9 cm³/mol. The van der Waals surface area contributed by atoms with E-state index < -0.39 is 11.4 Å². The first kappa shape index (κ1) is 15.8. The third-order valence-corrected chi connectivity index (χ3v) is 5.68. The van der Waals surface area contributed by atoms with Crippen molar-refractivity contribution in [3.8, 4) is 0 Å². The highest BCUT2D eigenvalue weighted by Crippen LogP contribution is 2.51. The number of hydrogen-bond acceptors (Lipinski definition) is 4. The minimum absolute atomic E-state index is 0.0564. The van der Waals surface area contributed by atoms with Crippen LogP contribution in [0.4, 0.5) is 5.69 Å². The molecule has 6 heteroatoms. The minimum atomic E-state index is -1.49. The highest BCUT2D eigenvalue weighted by atomic mass is 16.3. The summed E-state index contributed by atoms with van der Waals surface area (Å²) in [7, 11) is 3.19. The van der Waals surface area contributed by atoms with E-state index >= 15 is 0 Å². The molecule has 2 aliphatic rings. The van der Waals surface area contributed by atoms with Crippen LogP contribution < -0.4 is 10.3 Å². The number of anilines is 1. The van der Waals surface area contributed by atoms with Gasteiger partial charge < -0.3 is 14.2 Å². The molecule has 1 unspecified atom stereocenters. The van der Waals surface area contributed by atoms with Crippen molar-refractivity contribution < 1.29 is 14.0 Å². The normalized spacial score (nSPS) is 20.7. The Labute approximate surface area is 154 Å². The first-order valence-electron chi connectivity index (χ1n) is 8.62. The summed E-state index contributed by atoms with van der Waals surface area (Å²) in [6.45, 7) is 1.88. The Morgan fingerprint density at radius 1 is 1.00 bits per heavy atom. The van der Waals surface area contributed by atoms with Crippen molar-refractivity contribution in [3.05, 3.63) is 75.1 Å². The van der Waals surface area contributed by atoms with E-state index in [1.54, 1.807) is 38.4 Å². The molecule has 2 amide bonds. The molecule has 0 saturated heterocycles. The van der Waals surface area contributed by atoms with Crippen molar-refractivity contribution in [2.24, 2.45) is 0 Å². The Bertz CT molecular complexity index is 1240. The van der Waals surface area contributed by atoms with Crippen molar-refractivity contribution in [1.82, 2.24) is 4.90 Å². The molecule has 3 aromatic rings. The number of benzene rings is 2. The first-order valence-corrected chi connectivity index (χ1v) is 8.62.